The summed E-state index contributed by atoms with van der Waals surface area (Å²) in [4.78, 5) is 8.31. The molecule has 0 spiro atoms. The number of aryl methyl sites for hydroxylation is 1. The fourth-order valence-corrected chi connectivity index (χ4v) is 1.33. The number of aromatic nitrogens is 2. The standard InChI is InChI=1S/C10H19N5O/c1-7(4-5-16-3)12-9-6-8(2)13-10(14-9)15-11/h6-7H,4-5,11H2,1-3H3,(H2,12,13,14,15). The molecule has 0 aliphatic heterocycles. The molecule has 0 bridgehead atoms. The van der Waals surface area contributed by atoms with Crippen LogP contribution in [0.4, 0.5) is 11.8 Å². The summed E-state index contributed by atoms with van der Waals surface area (Å²) in [5.74, 6) is 6.46. The van der Waals surface area contributed by atoms with Gasteiger partial charge in [-0.1, -0.05) is 0 Å². The summed E-state index contributed by atoms with van der Waals surface area (Å²) in [5, 5.41) is 3.27. The lowest BCUT2D eigenvalue weighted by Gasteiger charge is -2.14. The van der Waals surface area contributed by atoms with Crippen molar-refractivity contribution in [2.24, 2.45) is 5.84 Å². The van der Waals surface area contributed by atoms with Crippen molar-refractivity contribution in [1.29, 1.82) is 0 Å². The largest absolute Gasteiger partial charge is 0.385 e. The maximum Gasteiger partial charge on any atom is 0.239 e. The lowest BCUT2D eigenvalue weighted by atomic mass is 10.2. The van der Waals surface area contributed by atoms with Gasteiger partial charge in [0.05, 0.1) is 0 Å². The zero-order valence-corrected chi connectivity index (χ0v) is 9.95. The molecule has 0 saturated carbocycles. The minimum absolute atomic E-state index is 0.292. The molecule has 0 fully saturated rings. The molecule has 90 valence electrons. The summed E-state index contributed by atoms with van der Waals surface area (Å²) in [7, 11) is 1.69. The number of hydrazine groups is 1. The van der Waals surface area contributed by atoms with E-state index in [1.165, 1.54) is 0 Å². The second-order valence-electron chi connectivity index (χ2n) is 3.69. The fourth-order valence-electron chi connectivity index (χ4n) is 1.33. The van der Waals surface area contributed by atoms with Crippen LogP contribution in [0.2, 0.25) is 0 Å². The van der Waals surface area contributed by atoms with E-state index in [4.69, 9.17) is 10.6 Å². The lowest BCUT2D eigenvalue weighted by molar-refractivity contribution is 0.191. The van der Waals surface area contributed by atoms with Crippen molar-refractivity contribution < 1.29 is 4.74 Å². The number of nitrogens with two attached hydrogens (primary N) is 1. The maximum absolute atomic E-state index is 5.28. The Morgan fingerprint density at radius 2 is 2.25 bits per heavy atom. The Balaban J connectivity index is 2.61. The van der Waals surface area contributed by atoms with Gasteiger partial charge in [-0.25, -0.2) is 10.8 Å². The predicted molar refractivity (Wildman–Crippen MR) is 64.2 cm³/mol. The Labute approximate surface area is 95.6 Å². The number of nitrogens with zero attached hydrogens (tertiary/aromatic N) is 2. The third-order valence-corrected chi connectivity index (χ3v) is 2.13. The molecule has 1 heterocycles. The van der Waals surface area contributed by atoms with Crippen LogP contribution in [0.3, 0.4) is 0 Å². The topological polar surface area (TPSA) is 85.1 Å². The van der Waals surface area contributed by atoms with E-state index >= 15 is 0 Å². The fraction of sp³-hybridized carbons (Fsp3) is 0.600. The third-order valence-electron chi connectivity index (χ3n) is 2.13. The highest BCUT2D eigenvalue weighted by atomic mass is 16.5. The van der Waals surface area contributed by atoms with Gasteiger partial charge in [-0.15, -0.1) is 0 Å². The number of hydrogen-bond donors (Lipinski definition) is 3. The molecule has 16 heavy (non-hydrogen) atoms. The Kier molecular flexibility index (Phi) is 4.94. The Bertz CT molecular complexity index is 331. The first-order valence-electron chi connectivity index (χ1n) is 5.23. The zero-order chi connectivity index (χ0) is 12.0. The van der Waals surface area contributed by atoms with Crippen molar-refractivity contribution in [3.05, 3.63) is 11.8 Å². The van der Waals surface area contributed by atoms with Crippen LogP contribution in [0.5, 0.6) is 0 Å². The van der Waals surface area contributed by atoms with Gasteiger partial charge < -0.3 is 10.1 Å². The molecule has 1 rings (SSSR count). The van der Waals surface area contributed by atoms with Crippen molar-refractivity contribution in [3.63, 3.8) is 0 Å². The van der Waals surface area contributed by atoms with E-state index in [1.54, 1.807) is 7.11 Å². The molecular weight excluding hydrogens is 206 g/mol. The Morgan fingerprint density at radius 3 is 2.88 bits per heavy atom. The van der Waals surface area contributed by atoms with E-state index in [9.17, 15) is 0 Å². The molecule has 6 heteroatoms. The van der Waals surface area contributed by atoms with Crippen molar-refractivity contribution in [2.75, 3.05) is 24.5 Å². The average Bonchev–Trinajstić information content (AvgIpc) is 2.25. The second-order valence-corrected chi connectivity index (χ2v) is 3.69. The molecule has 4 N–H and O–H groups in total. The molecule has 0 aliphatic carbocycles. The first-order chi connectivity index (χ1) is 7.65. The van der Waals surface area contributed by atoms with E-state index < -0.39 is 0 Å². The van der Waals surface area contributed by atoms with E-state index in [0.29, 0.717) is 12.0 Å². The smallest absolute Gasteiger partial charge is 0.239 e. The molecule has 1 aromatic heterocycles. The van der Waals surface area contributed by atoms with E-state index in [2.05, 4.69) is 27.6 Å². The summed E-state index contributed by atoms with van der Waals surface area (Å²) in [5.41, 5.74) is 3.30. The molecule has 0 aliphatic rings. The van der Waals surface area contributed by atoms with Crippen molar-refractivity contribution >= 4 is 11.8 Å². The van der Waals surface area contributed by atoms with Crippen molar-refractivity contribution in [2.45, 2.75) is 26.3 Å². The van der Waals surface area contributed by atoms with Gasteiger partial charge in [-0.2, -0.15) is 4.98 Å². The number of anilines is 2. The first-order valence-corrected chi connectivity index (χ1v) is 5.23. The molecule has 1 unspecified atom stereocenters. The normalized spacial score (nSPS) is 12.2. The number of methoxy groups -OCH3 is 1. The van der Waals surface area contributed by atoms with Crippen LogP contribution in [-0.2, 0) is 4.74 Å². The van der Waals surface area contributed by atoms with Crippen LogP contribution in [0.1, 0.15) is 19.0 Å². The molecule has 0 saturated heterocycles. The number of rotatable bonds is 6. The van der Waals surface area contributed by atoms with Crippen LogP contribution in [0.25, 0.3) is 0 Å². The number of nitrogens with one attached hydrogen (secondary N) is 2. The second kappa shape index (κ2) is 6.24. The monoisotopic (exact) mass is 225 g/mol. The van der Waals surface area contributed by atoms with Crippen LogP contribution in [-0.4, -0.2) is 29.7 Å². The molecule has 1 atom stereocenters. The number of hydrogen-bond acceptors (Lipinski definition) is 6. The average molecular weight is 225 g/mol. The minimum Gasteiger partial charge on any atom is -0.385 e. The zero-order valence-electron chi connectivity index (χ0n) is 9.95. The van der Waals surface area contributed by atoms with Crippen molar-refractivity contribution in [3.8, 4) is 0 Å². The van der Waals surface area contributed by atoms with Crippen LogP contribution in [0.15, 0.2) is 6.07 Å². The van der Waals surface area contributed by atoms with Crippen LogP contribution in [0, 0.1) is 6.92 Å². The van der Waals surface area contributed by atoms with E-state index in [1.807, 2.05) is 13.0 Å². The minimum atomic E-state index is 0.292. The van der Waals surface area contributed by atoms with Gasteiger partial charge >= 0.3 is 0 Å². The van der Waals surface area contributed by atoms with Gasteiger partial charge in [-0.05, 0) is 20.3 Å². The van der Waals surface area contributed by atoms with Crippen LogP contribution < -0.4 is 16.6 Å². The maximum atomic E-state index is 5.28. The van der Waals surface area contributed by atoms with Gasteiger partial charge in [0.2, 0.25) is 5.95 Å². The molecule has 0 aromatic carbocycles. The third kappa shape index (κ3) is 4.00. The summed E-state index contributed by atoms with van der Waals surface area (Å²) < 4.78 is 5.01. The summed E-state index contributed by atoms with van der Waals surface area (Å²) >= 11 is 0. The summed E-state index contributed by atoms with van der Waals surface area (Å²) in [6.45, 7) is 4.69. The van der Waals surface area contributed by atoms with E-state index in [0.717, 1.165) is 24.5 Å². The van der Waals surface area contributed by atoms with Crippen LogP contribution >= 0.6 is 0 Å². The molecule has 6 nitrogen and oxygen atoms in total. The molecule has 0 radical (unpaired) electrons. The molecule has 0 amide bonds. The quantitative estimate of drug-likeness (QED) is 0.493. The Hall–Kier alpha value is -1.40. The highest BCUT2D eigenvalue weighted by Crippen LogP contribution is 2.10. The van der Waals surface area contributed by atoms with Gasteiger partial charge in [0.15, 0.2) is 0 Å². The first kappa shape index (κ1) is 12.7. The van der Waals surface area contributed by atoms with Crippen molar-refractivity contribution in [1.82, 2.24) is 9.97 Å². The van der Waals surface area contributed by atoms with Gasteiger partial charge in [0.1, 0.15) is 5.82 Å². The highest BCUT2D eigenvalue weighted by molar-refractivity contribution is 5.42. The lowest BCUT2D eigenvalue weighted by Crippen LogP contribution is -2.19. The van der Waals surface area contributed by atoms with E-state index in [-0.39, 0.29) is 0 Å². The predicted octanol–water partition coefficient (Wildman–Crippen LogP) is 0.908. The Morgan fingerprint density at radius 1 is 1.50 bits per heavy atom. The summed E-state index contributed by atoms with van der Waals surface area (Å²) in [6.07, 6.45) is 0.922. The molecule has 1 aromatic rings. The number of nitrogen functional groups attached to an aromatic ring is 1. The summed E-state index contributed by atoms with van der Waals surface area (Å²) in [6, 6.07) is 2.17. The number of ether oxygens (including phenoxy) is 1. The highest BCUT2D eigenvalue weighted by Gasteiger charge is 2.05. The van der Waals surface area contributed by atoms with Gasteiger partial charge in [0.25, 0.3) is 0 Å². The molecular formula is C10H19N5O. The van der Waals surface area contributed by atoms with Gasteiger partial charge in [-0.3, -0.25) is 5.43 Å². The van der Waals surface area contributed by atoms with Gasteiger partial charge in [0, 0.05) is 31.5 Å². The SMILES string of the molecule is COCCC(C)Nc1cc(C)nc(NN)n1.